The average molecular weight is 269 g/mol. The fourth-order valence-electron chi connectivity index (χ4n) is 2.54. The van der Waals surface area contributed by atoms with Gasteiger partial charge in [-0.3, -0.25) is 4.79 Å². The van der Waals surface area contributed by atoms with Crippen molar-refractivity contribution in [3.63, 3.8) is 0 Å². The fraction of sp³-hybridized carbons (Fsp3) is 0.846. The second kappa shape index (κ2) is 7.33. The van der Waals surface area contributed by atoms with Crippen LogP contribution in [0, 0.1) is 5.92 Å². The minimum absolute atomic E-state index is 0.114. The van der Waals surface area contributed by atoms with Gasteiger partial charge in [-0.2, -0.15) is 0 Å². The van der Waals surface area contributed by atoms with E-state index < -0.39 is 0 Å². The molecule has 2 fully saturated rings. The second-order valence-corrected chi connectivity index (χ2v) is 5.12. The van der Waals surface area contributed by atoms with Crippen molar-refractivity contribution in [2.24, 2.45) is 5.92 Å². The number of hydrogen-bond donors (Lipinski definition) is 2. The summed E-state index contributed by atoms with van der Waals surface area (Å²) in [5, 5.41) is 6.23. The number of rotatable bonds is 4. The summed E-state index contributed by atoms with van der Waals surface area (Å²) in [5.74, 6) is 0.234. The Balaban J connectivity index is 1.66. The van der Waals surface area contributed by atoms with Crippen LogP contribution in [0.3, 0.4) is 0 Å². The van der Waals surface area contributed by atoms with E-state index in [9.17, 15) is 9.59 Å². The predicted molar refractivity (Wildman–Crippen MR) is 70.8 cm³/mol. The molecule has 0 radical (unpaired) electrons. The lowest BCUT2D eigenvalue weighted by molar-refractivity contribution is -0.125. The van der Waals surface area contributed by atoms with E-state index in [0.29, 0.717) is 19.7 Å². The normalized spacial score (nSPS) is 24.5. The highest BCUT2D eigenvalue weighted by Gasteiger charge is 2.21. The standard InChI is InChI=1S/C13H23N3O3/c17-12(11-3-1-5-14-6-4-11)15-7-9-16-8-2-10-19-13(16)18/h11,14H,1-10H2,(H,15,17). The van der Waals surface area contributed by atoms with Gasteiger partial charge in [0.2, 0.25) is 5.91 Å². The molecule has 2 N–H and O–H groups in total. The molecule has 19 heavy (non-hydrogen) atoms. The van der Waals surface area contributed by atoms with Gasteiger partial charge >= 0.3 is 6.09 Å². The van der Waals surface area contributed by atoms with E-state index >= 15 is 0 Å². The number of hydrogen-bond acceptors (Lipinski definition) is 4. The largest absolute Gasteiger partial charge is 0.449 e. The summed E-state index contributed by atoms with van der Waals surface area (Å²) < 4.78 is 4.95. The van der Waals surface area contributed by atoms with Crippen molar-refractivity contribution in [1.82, 2.24) is 15.5 Å². The number of carbonyl (C=O) groups is 2. The number of carbonyl (C=O) groups excluding carboxylic acids is 2. The zero-order valence-electron chi connectivity index (χ0n) is 11.3. The lowest BCUT2D eigenvalue weighted by Gasteiger charge is -2.26. The van der Waals surface area contributed by atoms with Crippen LogP contribution in [0.2, 0.25) is 0 Å². The number of nitrogens with one attached hydrogen (secondary N) is 2. The molecule has 1 atom stereocenters. The first kappa shape index (κ1) is 14.1. The van der Waals surface area contributed by atoms with Gasteiger partial charge in [0.05, 0.1) is 6.61 Å². The van der Waals surface area contributed by atoms with Crippen LogP contribution in [0.4, 0.5) is 4.79 Å². The van der Waals surface area contributed by atoms with Gasteiger partial charge in [0.25, 0.3) is 0 Å². The van der Waals surface area contributed by atoms with Gasteiger partial charge in [-0.1, -0.05) is 0 Å². The van der Waals surface area contributed by atoms with E-state index in [1.807, 2.05) is 0 Å². The van der Waals surface area contributed by atoms with Crippen LogP contribution in [0.25, 0.3) is 0 Å². The van der Waals surface area contributed by atoms with Crippen LogP contribution >= 0.6 is 0 Å². The van der Waals surface area contributed by atoms with Gasteiger partial charge in [0.15, 0.2) is 0 Å². The van der Waals surface area contributed by atoms with Gasteiger partial charge in [-0.15, -0.1) is 0 Å². The van der Waals surface area contributed by atoms with E-state index in [-0.39, 0.29) is 17.9 Å². The first-order valence-corrected chi connectivity index (χ1v) is 7.17. The van der Waals surface area contributed by atoms with Crippen LogP contribution in [-0.4, -0.2) is 56.2 Å². The molecular weight excluding hydrogens is 246 g/mol. The summed E-state index contributed by atoms with van der Waals surface area (Å²) in [4.78, 5) is 25.1. The molecule has 0 spiro atoms. The maximum atomic E-state index is 12.0. The van der Waals surface area contributed by atoms with Gasteiger partial charge < -0.3 is 20.3 Å². The molecule has 6 nitrogen and oxygen atoms in total. The van der Waals surface area contributed by atoms with Crippen molar-refractivity contribution >= 4 is 12.0 Å². The fourth-order valence-corrected chi connectivity index (χ4v) is 2.54. The third-order valence-corrected chi connectivity index (χ3v) is 3.68. The van der Waals surface area contributed by atoms with Crippen LogP contribution in [0.15, 0.2) is 0 Å². The first-order valence-electron chi connectivity index (χ1n) is 7.17. The summed E-state index contributed by atoms with van der Waals surface area (Å²) in [7, 11) is 0. The van der Waals surface area contributed by atoms with Gasteiger partial charge in [-0.05, 0) is 38.8 Å². The predicted octanol–water partition coefficient (Wildman–Crippen LogP) is 0.335. The first-order chi connectivity index (χ1) is 9.27. The molecule has 0 bridgehead atoms. The monoisotopic (exact) mass is 269 g/mol. The molecule has 0 aromatic heterocycles. The van der Waals surface area contributed by atoms with Gasteiger partial charge in [0.1, 0.15) is 0 Å². The Morgan fingerprint density at radius 1 is 1.37 bits per heavy atom. The topological polar surface area (TPSA) is 70.7 Å². The molecule has 2 heterocycles. The van der Waals surface area contributed by atoms with E-state index in [2.05, 4.69) is 10.6 Å². The molecule has 6 heteroatoms. The highest BCUT2D eigenvalue weighted by Crippen LogP contribution is 2.13. The summed E-state index contributed by atoms with van der Waals surface area (Å²) in [6, 6.07) is 0. The molecule has 2 amide bonds. The Morgan fingerprint density at radius 3 is 3.11 bits per heavy atom. The minimum atomic E-state index is -0.265. The summed E-state index contributed by atoms with van der Waals surface area (Å²) in [6.45, 7) is 4.20. The highest BCUT2D eigenvalue weighted by molar-refractivity contribution is 5.78. The average Bonchev–Trinajstić information content (AvgIpc) is 2.70. The van der Waals surface area contributed by atoms with E-state index in [1.165, 1.54) is 0 Å². The van der Waals surface area contributed by atoms with Crippen molar-refractivity contribution < 1.29 is 14.3 Å². The molecule has 2 aliphatic heterocycles. The molecule has 2 aliphatic rings. The smallest absolute Gasteiger partial charge is 0.409 e. The van der Waals surface area contributed by atoms with Gasteiger partial charge in [0, 0.05) is 25.6 Å². The Kier molecular flexibility index (Phi) is 5.44. The quantitative estimate of drug-likeness (QED) is 0.772. The van der Waals surface area contributed by atoms with Crippen LogP contribution in [0.1, 0.15) is 25.7 Å². The lowest BCUT2D eigenvalue weighted by atomic mass is 10.00. The maximum absolute atomic E-state index is 12.0. The third-order valence-electron chi connectivity index (χ3n) is 3.68. The van der Waals surface area contributed by atoms with Crippen molar-refractivity contribution in [3.05, 3.63) is 0 Å². The Labute approximate surface area is 113 Å². The molecule has 2 saturated heterocycles. The summed E-state index contributed by atoms with van der Waals surface area (Å²) >= 11 is 0. The summed E-state index contributed by atoms with van der Waals surface area (Å²) in [6.07, 6.45) is 3.51. The van der Waals surface area contributed by atoms with Crippen LogP contribution in [0.5, 0.6) is 0 Å². The van der Waals surface area contributed by atoms with Crippen LogP contribution < -0.4 is 10.6 Å². The minimum Gasteiger partial charge on any atom is -0.449 e. The SMILES string of the molecule is O=C(NCCN1CCCOC1=O)C1CCCNCC1. The zero-order chi connectivity index (χ0) is 13.5. The summed E-state index contributed by atoms with van der Waals surface area (Å²) in [5.41, 5.74) is 0. The third kappa shape index (κ3) is 4.38. The Morgan fingerprint density at radius 2 is 2.26 bits per heavy atom. The maximum Gasteiger partial charge on any atom is 0.409 e. The van der Waals surface area contributed by atoms with E-state index in [0.717, 1.165) is 45.3 Å². The number of amides is 2. The molecule has 0 aromatic rings. The molecule has 108 valence electrons. The van der Waals surface area contributed by atoms with Crippen molar-refractivity contribution in [2.75, 3.05) is 39.3 Å². The number of cyclic esters (lactones) is 1. The van der Waals surface area contributed by atoms with E-state index in [1.54, 1.807) is 4.90 Å². The molecule has 0 aliphatic carbocycles. The number of nitrogens with zero attached hydrogens (tertiary/aromatic N) is 1. The zero-order valence-corrected chi connectivity index (χ0v) is 11.3. The lowest BCUT2D eigenvalue weighted by Crippen LogP contribution is -2.43. The van der Waals surface area contributed by atoms with Crippen molar-refractivity contribution in [1.29, 1.82) is 0 Å². The molecule has 1 unspecified atom stereocenters. The molecule has 0 saturated carbocycles. The van der Waals surface area contributed by atoms with Crippen LogP contribution in [-0.2, 0) is 9.53 Å². The Bertz CT molecular complexity index is 314. The van der Waals surface area contributed by atoms with Gasteiger partial charge in [-0.25, -0.2) is 4.79 Å². The van der Waals surface area contributed by atoms with E-state index in [4.69, 9.17) is 4.74 Å². The Hall–Kier alpha value is -1.30. The highest BCUT2D eigenvalue weighted by atomic mass is 16.6. The second-order valence-electron chi connectivity index (χ2n) is 5.12. The molecule has 2 rings (SSSR count). The van der Waals surface area contributed by atoms with Crippen molar-refractivity contribution in [3.8, 4) is 0 Å². The molecule has 0 aromatic carbocycles. The molecular formula is C13H23N3O3. The number of ether oxygens (including phenoxy) is 1. The van der Waals surface area contributed by atoms with Crippen molar-refractivity contribution in [2.45, 2.75) is 25.7 Å².